The van der Waals surface area contributed by atoms with Crippen LogP contribution >= 0.6 is 0 Å². The molecule has 2 amide bonds. The molecule has 0 aliphatic rings. The van der Waals surface area contributed by atoms with E-state index in [0.29, 0.717) is 23.2 Å². The van der Waals surface area contributed by atoms with Crippen LogP contribution in [0.25, 0.3) is 0 Å². The molecule has 0 aliphatic carbocycles. The van der Waals surface area contributed by atoms with Gasteiger partial charge in [0.2, 0.25) is 0 Å². The lowest BCUT2D eigenvalue weighted by atomic mass is 10.1. The summed E-state index contributed by atoms with van der Waals surface area (Å²) in [5, 5.41) is 14.5. The molecule has 2 aromatic rings. The van der Waals surface area contributed by atoms with Gasteiger partial charge in [-0.15, -0.1) is 0 Å². The van der Waals surface area contributed by atoms with Crippen LogP contribution in [0.4, 0.5) is 5.69 Å². The Morgan fingerprint density at radius 3 is 2.12 bits per heavy atom. The molecule has 0 radical (unpaired) electrons. The van der Waals surface area contributed by atoms with Gasteiger partial charge in [0.15, 0.2) is 0 Å². The van der Waals surface area contributed by atoms with E-state index in [-0.39, 0.29) is 5.91 Å². The zero-order valence-electron chi connectivity index (χ0n) is 14.6. The molecule has 0 bridgehead atoms. The van der Waals surface area contributed by atoms with Crippen LogP contribution in [-0.4, -0.2) is 28.9 Å². The monoisotopic (exact) mass is 354 g/mol. The molecule has 3 N–H and O–H groups in total. The Labute approximate surface area is 152 Å². The second-order valence-corrected chi connectivity index (χ2v) is 5.90. The molecule has 0 fully saturated rings. The van der Waals surface area contributed by atoms with Gasteiger partial charge in [-0.3, -0.25) is 9.59 Å². The van der Waals surface area contributed by atoms with Crippen LogP contribution in [-0.2, 0) is 4.79 Å². The Bertz CT molecular complexity index is 757. The van der Waals surface area contributed by atoms with Crippen LogP contribution in [0, 0.1) is 0 Å². The first-order valence-corrected chi connectivity index (χ1v) is 8.51. The SMILES string of the molecule is CCCC[C@H](NC(=O)c1ccc(NC(=O)c2ccccc2)cc1)C(=O)O. The quantitative estimate of drug-likeness (QED) is 0.678. The molecule has 0 saturated heterocycles. The summed E-state index contributed by atoms with van der Waals surface area (Å²) in [5.41, 5.74) is 1.43. The number of unbranched alkanes of at least 4 members (excludes halogenated alkanes) is 1. The zero-order chi connectivity index (χ0) is 18.9. The van der Waals surface area contributed by atoms with Crippen molar-refractivity contribution in [1.82, 2.24) is 5.32 Å². The summed E-state index contributed by atoms with van der Waals surface area (Å²) in [5.74, 6) is -1.73. The minimum Gasteiger partial charge on any atom is -0.480 e. The van der Waals surface area contributed by atoms with E-state index in [1.807, 2.05) is 13.0 Å². The number of hydrogen-bond donors (Lipinski definition) is 3. The molecule has 0 saturated carbocycles. The third-order valence-electron chi connectivity index (χ3n) is 3.89. The summed E-state index contributed by atoms with van der Waals surface area (Å²) in [7, 11) is 0. The summed E-state index contributed by atoms with van der Waals surface area (Å²) < 4.78 is 0. The third kappa shape index (κ3) is 5.44. The number of anilines is 1. The van der Waals surface area contributed by atoms with Gasteiger partial charge in [-0.2, -0.15) is 0 Å². The van der Waals surface area contributed by atoms with Crippen molar-refractivity contribution in [1.29, 1.82) is 0 Å². The van der Waals surface area contributed by atoms with E-state index >= 15 is 0 Å². The number of carbonyl (C=O) groups excluding carboxylic acids is 2. The highest BCUT2D eigenvalue weighted by Gasteiger charge is 2.20. The molecule has 0 spiro atoms. The number of rotatable bonds is 8. The first-order valence-electron chi connectivity index (χ1n) is 8.51. The summed E-state index contributed by atoms with van der Waals surface area (Å²) >= 11 is 0. The van der Waals surface area contributed by atoms with Gasteiger partial charge in [-0.1, -0.05) is 38.0 Å². The lowest BCUT2D eigenvalue weighted by Gasteiger charge is -2.14. The fraction of sp³-hybridized carbons (Fsp3) is 0.250. The minimum atomic E-state index is -1.04. The maximum Gasteiger partial charge on any atom is 0.326 e. The van der Waals surface area contributed by atoms with E-state index < -0.39 is 17.9 Å². The fourth-order valence-electron chi connectivity index (χ4n) is 2.40. The van der Waals surface area contributed by atoms with Crippen LogP contribution in [0.2, 0.25) is 0 Å². The van der Waals surface area contributed by atoms with Gasteiger partial charge in [-0.25, -0.2) is 4.79 Å². The topological polar surface area (TPSA) is 95.5 Å². The molecule has 26 heavy (non-hydrogen) atoms. The van der Waals surface area contributed by atoms with Crippen LogP contribution in [0.3, 0.4) is 0 Å². The van der Waals surface area contributed by atoms with Crippen molar-refractivity contribution >= 4 is 23.5 Å². The van der Waals surface area contributed by atoms with E-state index in [2.05, 4.69) is 10.6 Å². The normalized spacial score (nSPS) is 11.4. The Morgan fingerprint density at radius 1 is 0.923 bits per heavy atom. The van der Waals surface area contributed by atoms with Crippen molar-refractivity contribution in [3.63, 3.8) is 0 Å². The summed E-state index contributed by atoms with van der Waals surface area (Å²) in [6, 6.07) is 14.2. The molecule has 2 rings (SSSR count). The standard InChI is InChI=1S/C20H22N2O4/c1-2-3-9-17(20(25)26)22-19(24)15-10-12-16(13-11-15)21-18(23)14-7-5-4-6-8-14/h4-8,10-13,17H,2-3,9H2,1H3,(H,21,23)(H,22,24)(H,25,26)/t17-/m0/s1. The average molecular weight is 354 g/mol. The molecule has 6 heteroatoms. The first kappa shape index (κ1) is 19.2. The van der Waals surface area contributed by atoms with E-state index in [1.165, 1.54) is 0 Å². The van der Waals surface area contributed by atoms with Gasteiger partial charge < -0.3 is 15.7 Å². The lowest BCUT2D eigenvalue weighted by molar-refractivity contribution is -0.139. The van der Waals surface area contributed by atoms with Gasteiger partial charge in [0, 0.05) is 16.8 Å². The number of carboxylic acid groups (broad SMARTS) is 1. The van der Waals surface area contributed by atoms with Gasteiger partial charge in [0.05, 0.1) is 0 Å². The summed E-state index contributed by atoms with van der Waals surface area (Å²) in [6.45, 7) is 1.96. The Kier molecular flexibility index (Phi) is 6.91. The predicted octanol–water partition coefficient (Wildman–Crippen LogP) is 3.31. The zero-order valence-corrected chi connectivity index (χ0v) is 14.6. The van der Waals surface area contributed by atoms with E-state index in [9.17, 15) is 19.5 Å². The molecule has 0 unspecified atom stereocenters. The Balaban J connectivity index is 1.98. The van der Waals surface area contributed by atoms with Crippen LogP contribution in [0.1, 0.15) is 46.9 Å². The van der Waals surface area contributed by atoms with Crippen molar-refractivity contribution in [2.24, 2.45) is 0 Å². The molecule has 6 nitrogen and oxygen atoms in total. The third-order valence-corrected chi connectivity index (χ3v) is 3.89. The van der Waals surface area contributed by atoms with Crippen molar-refractivity contribution in [2.45, 2.75) is 32.2 Å². The van der Waals surface area contributed by atoms with E-state index in [0.717, 1.165) is 12.8 Å². The van der Waals surface area contributed by atoms with Gasteiger partial charge in [0.25, 0.3) is 11.8 Å². The van der Waals surface area contributed by atoms with Crippen LogP contribution in [0.5, 0.6) is 0 Å². The highest BCUT2D eigenvalue weighted by atomic mass is 16.4. The van der Waals surface area contributed by atoms with Gasteiger partial charge in [-0.05, 0) is 42.8 Å². The fourth-order valence-corrected chi connectivity index (χ4v) is 2.40. The smallest absolute Gasteiger partial charge is 0.326 e. The number of benzene rings is 2. The minimum absolute atomic E-state index is 0.242. The van der Waals surface area contributed by atoms with Crippen LogP contribution in [0.15, 0.2) is 54.6 Å². The summed E-state index contributed by atoms with van der Waals surface area (Å²) in [4.78, 5) is 35.5. The van der Waals surface area contributed by atoms with Crippen molar-refractivity contribution < 1.29 is 19.5 Å². The molecule has 2 aromatic carbocycles. The number of nitrogens with one attached hydrogen (secondary N) is 2. The van der Waals surface area contributed by atoms with Crippen molar-refractivity contribution in [2.75, 3.05) is 5.32 Å². The molecule has 136 valence electrons. The van der Waals surface area contributed by atoms with Crippen LogP contribution < -0.4 is 10.6 Å². The lowest BCUT2D eigenvalue weighted by Crippen LogP contribution is -2.40. The molecule has 0 aromatic heterocycles. The number of aliphatic carboxylic acids is 1. The van der Waals surface area contributed by atoms with E-state index in [4.69, 9.17) is 0 Å². The Hall–Kier alpha value is -3.15. The molecular weight excluding hydrogens is 332 g/mol. The highest BCUT2D eigenvalue weighted by Crippen LogP contribution is 2.12. The largest absolute Gasteiger partial charge is 0.480 e. The second-order valence-electron chi connectivity index (χ2n) is 5.90. The molecule has 0 heterocycles. The summed E-state index contributed by atoms with van der Waals surface area (Å²) in [6.07, 6.45) is 1.97. The van der Waals surface area contributed by atoms with Crippen molar-refractivity contribution in [3.8, 4) is 0 Å². The van der Waals surface area contributed by atoms with Gasteiger partial charge in [0.1, 0.15) is 6.04 Å². The molecule has 1 atom stereocenters. The Morgan fingerprint density at radius 2 is 1.54 bits per heavy atom. The predicted molar refractivity (Wildman–Crippen MR) is 99.3 cm³/mol. The average Bonchev–Trinajstić information content (AvgIpc) is 2.66. The molecular formula is C20H22N2O4. The van der Waals surface area contributed by atoms with Gasteiger partial charge >= 0.3 is 5.97 Å². The highest BCUT2D eigenvalue weighted by molar-refractivity contribution is 6.04. The van der Waals surface area contributed by atoms with E-state index in [1.54, 1.807) is 48.5 Å². The number of carboxylic acids is 1. The molecule has 0 aliphatic heterocycles. The second kappa shape index (κ2) is 9.36. The maximum atomic E-state index is 12.2. The number of hydrogen-bond acceptors (Lipinski definition) is 3. The first-order chi connectivity index (χ1) is 12.5. The number of carbonyl (C=O) groups is 3. The van der Waals surface area contributed by atoms with Crippen molar-refractivity contribution in [3.05, 3.63) is 65.7 Å². The number of amides is 2. The maximum absolute atomic E-state index is 12.2.